The van der Waals surface area contributed by atoms with Crippen LogP contribution in [0, 0.1) is 6.92 Å². The van der Waals surface area contributed by atoms with Crippen LogP contribution in [0.4, 0.5) is 0 Å². The molecule has 0 atom stereocenters. The Balaban J connectivity index is 2.69. The van der Waals surface area contributed by atoms with Crippen molar-refractivity contribution in [2.24, 2.45) is 0 Å². The average molecular weight is 255 g/mol. The van der Waals surface area contributed by atoms with Gasteiger partial charge in [0.2, 0.25) is 5.79 Å². The largest absolute Gasteiger partial charge is 0.463 e. The van der Waals surface area contributed by atoms with Crippen molar-refractivity contribution in [2.75, 3.05) is 12.5 Å². The summed E-state index contributed by atoms with van der Waals surface area (Å²) in [5.41, 5.74) is 2.13. The number of aryl methyl sites for hydroxylation is 1. The van der Waals surface area contributed by atoms with Gasteiger partial charge in [0.25, 0.3) is 0 Å². The minimum Gasteiger partial charge on any atom is -0.463 e. The fraction of sp³-hybridized carbons (Fsp3) is 0.429. The van der Waals surface area contributed by atoms with E-state index >= 15 is 0 Å². The van der Waals surface area contributed by atoms with Gasteiger partial charge < -0.3 is 9.47 Å². The summed E-state index contributed by atoms with van der Waals surface area (Å²) in [6.07, 6.45) is 0. The van der Waals surface area contributed by atoms with Gasteiger partial charge in [-0.25, -0.2) is 0 Å². The van der Waals surface area contributed by atoms with Gasteiger partial charge in [-0.1, -0.05) is 30.8 Å². The molecule has 0 amide bonds. The second-order valence-electron chi connectivity index (χ2n) is 4.28. The van der Waals surface area contributed by atoms with E-state index in [1.54, 1.807) is 0 Å². The Hall–Kier alpha value is -0.990. The fourth-order valence-corrected chi connectivity index (χ4v) is 1.63. The lowest BCUT2D eigenvalue weighted by molar-refractivity contribution is -0.168. The maximum Gasteiger partial charge on any atom is 0.204 e. The zero-order chi connectivity index (χ0) is 12.9. The number of hydrogen-bond acceptors (Lipinski definition) is 2. The highest BCUT2D eigenvalue weighted by atomic mass is 35.5. The molecule has 17 heavy (non-hydrogen) atoms. The molecule has 0 aliphatic carbocycles. The Morgan fingerprint density at radius 2 is 2.00 bits per heavy atom. The van der Waals surface area contributed by atoms with Crippen molar-refractivity contribution in [2.45, 2.75) is 26.6 Å². The van der Waals surface area contributed by atoms with Gasteiger partial charge in [0.1, 0.15) is 5.76 Å². The van der Waals surface area contributed by atoms with Crippen LogP contribution >= 0.6 is 11.6 Å². The van der Waals surface area contributed by atoms with Gasteiger partial charge in [-0.3, -0.25) is 0 Å². The van der Waals surface area contributed by atoms with E-state index in [4.69, 9.17) is 21.1 Å². The molecule has 0 saturated heterocycles. The molecule has 0 radical (unpaired) electrons. The molecule has 1 aromatic carbocycles. The molecule has 0 fully saturated rings. The van der Waals surface area contributed by atoms with E-state index in [1.807, 2.05) is 45.0 Å². The smallest absolute Gasteiger partial charge is 0.204 e. The average Bonchev–Trinajstić information content (AvgIpc) is 2.26. The predicted molar refractivity (Wildman–Crippen MR) is 72.0 cm³/mol. The molecular weight excluding hydrogens is 236 g/mol. The second-order valence-corrected chi connectivity index (χ2v) is 4.66. The zero-order valence-electron chi connectivity index (χ0n) is 10.6. The Morgan fingerprint density at radius 1 is 1.35 bits per heavy atom. The Kier molecular flexibility index (Phi) is 5.03. The van der Waals surface area contributed by atoms with Crippen LogP contribution < -0.4 is 0 Å². The third-order valence-electron chi connectivity index (χ3n) is 2.34. The van der Waals surface area contributed by atoms with Crippen molar-refractivity contribution < 1.29 is 9.47 Å². The van der Waals surface area contributed by atoms with Gasteiger partial charge in [0, 0.05) is 25.3 Å². The number of hydrogen-bond donors (Lipinski definition) is 0. The van der Waals surface area contributed by atoms with Crippen LogP contribution in [-0.4, -0.2) is 18.3 Å². The number of halogens is 1. The van der Waals surface area contributed by atoms with Crippen LogP contribution in [0.2, 0.25) is 0 Å². The van der Waals surface area contributed by atoms with Crippen molar-refractivity contribution in [3.63, 3.8) is 0 Å². The summed E-state index contributed by atoms with van der Waals surface area (Å²) in [6, 6.07) is 7.95. The minimum absolute atomic E-state index is 0.448. The van der Waals surface area contributed by atoms with Crippen molar-refractivity contribution in [1.82, 2.24) is 0 Å². The van der Waals surface area contributed by atoms with E-state index < -0.39 is 5.79 Å². The van der Waals surface area contributed by atoms with Crippen molar-refractivity contribution in [3.8, 4) is 0 Å². The van der Waals surface area contributed by atoms with Crippen LogP contribution in [0.15, 0.2) is 30.8 Å². The maximum absolute atomic E-state index is 5.73. The summed E-state index contributed by atoms with van der Waals surface area (Å²) in [5, 5.41) is 0. The number of rotatable bonds is 6. The molecule has 0 spiro atoms. The number of ether oxygens (including phenoxy) is 2. The normalized spacial score (nSPS) is 11.3. The lowest BCUT2D eigenvalue weighted by atomic mass is 10.1. The molecule has 0 saturated carbocycles. The molecule has 1 rings (SSSR count). The lowest BCUT2D eigenvalue weighted by Crippen LogP contribution is -2.28. The van der Waals surface area contributed by atoms with Gasteiger partial charge in [-0.05, 0) is 12.5 Å². The Bertz CT molecular complexity index is 386. The van der Waals surface area contributed by atoms with E-state index in [0.717, 1.165) is 11.1 Å². The highest BCUT2D eigenvalue weighted by molar-refractivity contribution is 6.17. The molecular formula is C14H19ClO2. The monoisotopic (exact) mass is 254 g/mol. The van der Waals surface area contributed by atoms with Crippen LogP contribution in [0.25, 0.3) is 5.76 Å². The molecule has 0 aliphatic heterocycles. The van der Waals surface area contributed by atoms with Crippen molar-refractivity contribution in [3.05, 3.63) is 42.0 Å². The van der Waals surface area contributed by atoms with Crippen LogP contribution in [0.3, 0.4) is 0 Å². The highest BCUT2D eigenvalue weighted by Crippen LogP contribution is 2.24. The highest BCUT2D eigenvalue weighted by Gasteiger charge is 2.21. The van der Waals surface area contributed by atoms with Crippen LogP contribution in [-0.2, 0) is 9.47 Å². The third-order valence-corrected chi connectivity index (χ3v) is 2.50. The Morgan fingerprint density at radius 3 is 2.59 bits per heavy atom. The molecule has 0 N–H and O–H groups in total. The quantitative estimate of drug-likeness (QED) is 0.434. The predicted octanol–water partition coefficient (Wildman–Crippen LogP) is 3.97. The summed E-state index contributed by atoms with van der Waals surface area (Å²) in [6.45, 7) is 10.1. The number of alkyl halides is 1. The molecule has 3 heteroatoms. The SMILES string of the molecule is C=C(OC(C)(C)OCCCl)c1ccccc1C. The van der Waals surface area contributed by atoms with Gasteiger partial charge in [-0.15, -0.1) is 11.6 Å². The topological polar surface area (TPSA) is 18.5 Å². The van der Waals surface area contributed by atoms with Crippen molar-refractivity contribution in [1.29, 1.82) is 0 Å². The van der Waals surface area contributed by atoms with Gasteiger partial charge in [0.15, 0.2) is 0 Å². The van der Waals surface area contributed by atoms with Gasteiger partial charge in [-0.2, -0.15) is 0 Å². The first-order valence-electron chi connectivity index (χ1n) is 5.60. The fourth-order valence-electron chi connectivity index (χ4n) is 1.55. The molecule has 2 nitrogen and oxygen atoms in total. The minimum atomic E-state index is -0.714. The lowest BCUT2D eigenvalue weighted by Gasteiger charge is -2.27. The molecule has 0 heterocycles. The molecule has 0 aromatic heterocycles. The number of benzene rings is 1. The summed E-state index contributed by atoms with van der Waals surface area (Å²) in [5.74, 6) is 0.348. The van der Waals surface area contributed by atoms with E-state index in [2.05, 4.69) is 6.58 Å². The molecule has 0 unspecified atom stereocenters. The third kappa shape index (κ3) is 4.41. The van der Waals surface area contributed by atoms with E-state index in [0.29, 0.717) is 18.2 Å². The maximum atomic E-state index is 5.73. The van der Waals surface area contributed by atoms with Gasteiger partial charge >= 0.3 is 0 Å². The second kappa shape index (κ2) is 6.08. The molecule has 0 aliphatic rings. The first kappa shape index (κ1) is 14.1. The molecule has 94 valence electrons. The Labute approximate surface area is 108 Å². The standard InChI is InChI=1S/C14H19ClO2/c1-11-7-5-6-8-13(11)12(2)17-14(3,4)16-10-9-15/h5-8H,2,9-10H2,1,3-4H3. The van der Waals surface area contributed by atoms with E-state index in [9.17, 15) is 0 Å². The zero-order valence-corrected chi connectivity index (χ0v) is 11.4. The molecule has 1 aromatic rings. The van der Waals surface area contributed by atoms with Crippen LogP contribution in [0.5, 0.6) is 0 Å². The summed E-state index contributed by atoms with van der Waals surface area (Å²) in [7, 11) is 0. The molecule has 0 bridgehead atoms. The van der Waals surface area contributed by atoms with Crippen molar-refractivity contribution >= 4 is 17.4 Å². The van der Waals surface area contributed by atoms with E-state index in [1.165, 1.54) is 0 Å². The van der Waals surface area contributed by atoms with Gasteiger partial charge in [0.05, 0.1) is 6.61 Å². The first-order chi connectivity index (χ1) is 7.96. The van der Waals surface area contributed by atoms with E-state index in [-0.39, 0.29) is 0 Å². The summed E-state index contributed by atoms with van der Waals surface area (Å²) >= 11 is 5.58. The summed E-state index contributed by atoms with van der Waals surface area (Å²) in [4.78, 5) is 0. The summed E-state index contributed by atoms with van der Waals surface area (Å²) < 4.78 is 11.2. The van der Waals surface area contributed by atoms with Crippen LogP contribution in [0.1, 0.15) is 25.0 Å². The first-order valence-corrected chi connectivity index (χ1v) is 6.13.